The van der Waals surface area contributed by atoms with Gasteiger partial charge in [0.2, 0.25) is 0 Å². The van der Waals surface area contributed by atoms with Gasteiger partial charge in [-0.1, -0.05) is 0 Å². The number of hydrogen-bond donors (Lipinski definition) is 0. The first kappa shape index (κ1) is 24.7. The van der Waals surface area contributed by atoms with Crippen LogP contribution in [0.3, 0.4) is 0 Å². The molecule has 0 saturated heterocycles. The van der Waals surface area contributed by atoms with Crippen LogP contribution in [0.4, 0.5) is 0 Å². The van der Waals surface area contributed by atoms with Crippen molar-refractivity contribution < 1.29 is 4.57 Å². The molecule has 0 N–H and O–H groups in total. The topological polar surface area (TPSA) is 3.88 Å². The van der Waals surface area contributed by atoms with Crippen molar-refractivity contribution in [3.8, 4) is 33.5 Å². The van der Waals surface area contributed by atoms with Crippen molar-refractivity contribution in [1.29, 1.82) is 0 Å². The molecule has 4 aromatic rings. The normalized spacial score (nSPS) is 18.2. The Hall–Kier alpha value is -2.65. The van der Waals surface area contributed by atoms with Crippen LogP contribution in [0, 0.1) is 6.92 Å². The van der Waals surface area contributed by atoms with Crippen molar-refractivity contribution in [2.45, 2.75) is 69.8 Å². The average molecular weight is 547 g/mol. The van der Waals surface area contributed by atoms with Crippen LogP contribution in [0.25, 0.3) is 33.5 Å². The molecule has 2 heteroatoms. The van der Waals surface area contributed by atoms with Crippen LogP contribution in [-0.4, -0.2) is 13.3 Å². The maximum atomic E-state index is 2.62. The molecule has 1 aliphatic heterocycles. The second kappa shape index (κ2) is 8.17. The number of fused-ring (bicyclic) bond motifs is 4. The molecule has 188 valence electrons. The van der Waals surface area contributed by atoms with Crippen molar-refractivity contribution in [3.63, 3.8) is 0 Å². The molecule has 0 amide bonds. The standard InChI is InChI=1S/C35H40GeN/c1-23-15-17-27-26-13-11-12-25(24-16-18-28-29(22-24)35(4,5)20-19-34(28,2)3)32(26)36(6,7)33(27)31(23)30-14-9-10-21-37(30)8/h9-18,21-22H,19-20H2,1-8H3/q+1. The second-order valence-electron chi connectivity index (χ2n) is 13.3. The van der Waals surface area contributed by atoms with E-state index < -0.39 is 13.3 Å². The van der Waals surface area contributed by atoms with Crippen molar-refractivity contribution in [1.82, 2.24) is 0 Å². The van der Waals surface area contributed by atoms with E-state index in [1.807, 2.05) is 0 Å². The van der Waals surface area contributed by atoms with Crippen LogP contribution in [0.2, 0.25) is 11.5 Å². The first-order chi connectivity index (χ1) is 17.4. The van der Waals surface area contributed by atoms with Crippen molar-refractivity contribution in [2.75, 3.05) is 0 Å². The van der Waals surface area contributed by atoms with Crippen LogP contribution in [0.1, 0.15) is 57.2 Å². The molecule has 0 bridgehead atoms. The average Bonchev–Trinajstić information content (AvgIpc) is 3.09. The van der Waals surface area contributed by atoms with Gasteiger partial charge in [-0.2, -0.15) is 0 Å². The molecule has 0 radical (unpaired) electrons. The number of benzene rings is 3. The third-order valence-electron chi connectivity index (χ3n) is 9.49. The molecule has 1 aromatic heterocycles. The van der Waals surface area contributed by atoms with Gasteiger partial charge in [-0.25, -0.2) is 0 Å². The fraction of sp³-hybridized carbons (Fsp3) is 0.343. The molecule has 0 spiro atoms. The third-order valence-corrected chi connectivity index (χ3v) is 17.0. The minimum absolute atomic E-state index is 0.213. The van der Waals surface area contributed by atoms with Gasteiger partial charge in [0.15, 0.2) is 0 Å². The summed E-state index contributed by atoms with van der Waals surface area (Å²) in [5.74, 6) is 5.23. The number of hydrogen-bond acceptors (Lipinski definition) is 0. The monoisotopic (exact) mass is 548 g/mol. The van der Waals surface area contributed by atoms with E-state index >= 15 is 0 Å². The van der Waals surface area contributed by atoms with E-state index in [-0.39, 0.29) is 10.8 Å². The Balaban J connectivity index is 1.60. The van der Waals surface area contributed by atoms with Gasteiger partial charge in [-0.15, -0.1) is 0 Å². The Kier molecular flexibility index (Phi) is 5.45. The number of aryl methyl sites for hydroxylation is 2. The Labute approximate surface area is 226 Å². The first-order valence-electron chi connectivity index (χ1n) is 13.8. The zero-order chi connectivity index (χ0) is 26.3. The van der Waals surface area contributed by atoms with E-state index in [0.29, 0.717) is 0 Å². The van der Waals surface area contributed by atoms with Gasteiger partial charge in [0, 0.05) is 0 Å². The van der Waals surface area contributed by atoms with E-state index in [4.69, 9.17) is 0 Å². The van der Waals surface area contributed by atoms with Crippen LogP contribution in [0.15, 0.2) is 72.9 Å². The van der Waals surface area contributed by atoms with Gasteiger partial charge in [-0.3, -0.25) is 0 Å². The van der Waals surface area contributed by atoms with Gasteiger partial charge in [-0.05, 0) is 0 Å². The summed E-state index contributed by atoms with van der Waals surface area (Å²) in [5, 5.41) is 0. The van der Waals surface area contributed by atoms with E-state index in [0.717, 1.165) is 0 Å². The summed E-state index contributed by atoms with van der Waals surface area (Å²) >= 11 is -2.66. The van der Waals surface area contributed by atoms with Gasteiger partial charge in [0.05, 0.1) is 0 Å². The number of pyridine rings is 1. The van der Waals surface area contributed by atoms with Crippen LogP contribution < -0.4 is 13.4 Å². The van der Waals surface area contributed by atoms with E-state index in [9.17, 15) is 0 Å². The summed E-state index contributed by atoms with van der Waals surface area (Å²) in [4.78, 5) is 0. The number of rotatable bonds is 2. The molecular formula is C35H40GeN+. The van der Waals surface area contributed by atoms with Gasteiger partial charge >= 0.3 is 227 Å². The van der Waals surface area contributed by atoms with Gasteiger partial charge in [0.1, 0.15) is 0 Å². The number of nitrogens with zero attached hydrogens (tertiary/aromatic N) is 1. The zero-order valence-corrected chi connectivity index (χ0v) is 25.9. The van der Waals surface area contributed by atoms with Gasteiger partial charge < -0.3 is 0 Å². The van der Waals surface area contributed by atoms with Crippen molar-refractivity contribution >= 4 is 22.1 Å². The Morgan fingerprint density at radius 3 is 2.11 bits per heavy atom. The molecule has 0 saturated carbocycles. The predicted octanol–water partition coefficient (Wildman–Crippen LogP) is 7.31. The van der Waals surface area contributed by atoms with Crippen LogP contribution in [-0.2, 0) is 17.9 Å². The predicted molar refractivity (Wildman–Crippen MR) is 161 cm³/mol. The fourth-order valence-corrected chi connectivity index (χ4v) is 15.4. The molecule has 0 unspecified atom stereocenters. The summed E-state index contributed by atoms with van der Waals surface area (Å²) in [5.41, 5.74) is 13.5. The molecule has 2 heterocycles. The third kappa shape index (κ3) is 3.61. The summed E-state index contributed by atoms with van der Waals surface area (Å²) in [6.45, 7) is 12.0. The summed E-state index contributed by atoms with van der Waals surface area (Å²) in [7, 11) is 2.18. The van der Waals surface area contributed by atoms with Crippen molar-refractivity contribution in [3.05, 3.63) is 89.6 Å². The van der Waals surface area contributed by atoms with Crippen LogP contribution >= 0.6 is 0 Å². The van der Waals surface area contributed by atoms with Crippen molar-refractivity contribution in [2.24, 2.45) is 7.05 Å². The maximum absolute atomic E-state index is 2.66. The fourth-order valence-electron chi connectivity index (χ4n) is 7.27. The molecular weight excluding hydrogens is 507 g/mol. The Morgan fingerprint density at radius 1 is 0.703 bits per heavy atom. The SMILES string of the molecule is Cc1ccc2[c](c1-c1cccc[n+]1C)[Ge]([CH3])([CH3])[c]1c(-c3ccc4c(c3)C(C)(C)CCC4(C)C)cccc1-2. The number of aromatic nitrogens is 1. The molecule has 37 heavy (non-hydrogen) atoms. The minimum atomic E-state index is -2.66. The molecule has 2 aliphatic rings. The molecule has 1 aliphatic carbocycles. The van der Waals surface area contributed by atoms with E-state index in [2.05, 4.69) is 131 Å². The first-order valence-corrected chi connectivity index (χ1v) is 20.1. The quantitative estimate of drug-likeness (QED) is 0.183. The van der Waals surface area contributed by atoms with E-state index in [1.54, 1.807) is 19.9 Å². The molecule has 0 fully saturated rings. The molecule has 0 atom stereocenters. The molecule has 1 nitrogen and oxygen atoms in total. The summed E-state index contributed by atoms with van der Waals surface area (Å²) in [6.07, 6.45) is 4.68. The molecule has 6 rings (SSSR count). The summed E-state index contributed by atoms with van der Waals surface area (Å²) < 4.78 is 5.58. The zero-order valence-electron chi connectivity index (χ0n) is 23.8. The van der Waals surface area contributed by atoms with Crippen LogP contribution in [0.5, 0.6) is 0 Å². The van der Waals surface area contributed by atoms with E-state index in [1.165, 1.54) is 51.9 Å². The molecule has 3 aromatic carbocycles. The Bertz CT molecular complexity index is 1570. The second-order valence-corrected chi connectivity index (χ2v) is 22.2. The Morgan fingerprint density at radius 2 is 1.38 bits per heavy atom. The van der Waals surface area contributed by atoms with Gasteiger partial charge in [0.25, 0.3) is 0 Å². The summed E-state index contributed by atoms with van der Waals surface area (Å²) in [6, 6.07) is 25.8.